The molecule has 156 valence electrons. The number of benzene rings is 1. The van der Waals surface area contributed by atoms with Gasteiger partial charge in [-0.2, -0.15) is 0 Å². The van der Waals surface area contributed by atoms with Gasteiger partial charge in [0, 0.05) is 7.05 Å². The Hall–Kier alpha value is -3.10. The predicted molar refractivity (Wildman–Crippen MR) is 114 cm³/mol. The van der Waals surface area contributed by atoms with Gasteiger partial charge in [0.15, 0.2) is 11.8 Å². The van der Waals surface area contributed by atoms with Crippen LogP contribution >= 0.6 is 23.2 Å². The molecule has 0 aliphatic rings. The summed E-state index contributed by atoms with van der Waals surface area (Å²) in [6, 6.07) is 11.8. The van der Waals surface area contributed by atoms with Gasteiger partial charge in [0.2, 0.25) is 0 Å². The van der Waals surface area contributed by atoms with E-state index >= 15 is 0 Å². The minimum Gasteiger partial charge on any atom is -0.448 e. The Kier molecular flexibility index (Phi) is 6.28. The van der Waals surface area contributed by atoms with Crippen molar-refractivity contribution in [3.8, 4) is 5.69 Å². The summed E-state index contributed by atoms with van der Waals surface area (Å²) < 4.78 is 8.19. The standard InChI is InChI=1S/C20H18Cl2N4O4/c1-11-16(19(28)26(25(11)3)13-7-5-4-6-8-13)24-18(27)12(2)30-20(29)17-14(21)9-10-15(22)23-17/h4-10,12H,1-3H3,(H,24,27)/t12-/m0/s1. The van der Waals surface area contributed by atoms with E-state index in [-0.39, 0.29) is 21.6 Å². The van der Waals surface area contributed by atoms with Crippen LogP contribution in [0.1, 0.15) is 23.1 Å². The topological polar surface area (TPSA) is 95.2 Å². The van der Waals surface area contributed by atoms with E-state index in [2.05, 4.69) is 10.3 Å². The quantitative estimate of drug-likeness (QED) is 0.476. The van der Waals surface area contributed by atoms with Crippen LogP contribution in [0.4, 0.5) is 5.69 Å². The Labute approximate surface area is 182 Å². The molecule has 0 aliphatic carbocycles. The van der Waals surface area contributed by atoms with E-state index in [1.165, 1.54) is 23.7 Å². The maximum atomic E-state index is 12.9. The fourth-order valence-electron chi connectivity index (χ4n) is 2.77. The molecule has 1 amide bonds. The van der Waals surface area contributed by atoms with Crippen molar-refractivity contribution in [2.75, 3.05) is 5.32 Å². The predicted octanol–water partition coefficient (Wildman–Crippen LogP) is 3.37. The molecule has 10 heteroatoms. The highest BCUT2D eigenvalue weighted by molar-refractivity contribution is 6.34. The van der Waals surface area contributed by atoms with Crippen LogP contribution in [0.5, 0.6) is 0 Å². The molecular formula is C20H18Cl2N4O4. The summed E-state index contributed by atoms with van der Waals surface area (Å²) in [5.41, 5.74) is 0.664. The second kappa shape index (κ2) is 8.73. The van der Waals surface area contributed by atoms with Gasteiger partial charge in [0.05, 0.1) is 16.4 Å². The van der Waals surface area contributed by atoms with Crippen molar-refractivity contribution < 1.29 is 14.3 Å². The number of para-hydroxylation sites is 1. The molecule has 0 fully saturated rings. The number of amides is 1. The monoisotopic (exact) mass is 448 g/mol. The SMILES string of the molecule is Cc1c(NC(=O)[C@H](C)OC(=O)c2nc(Cl)ccc2Cl)c(=O)n(-c2ccccc2)n1C. The first kappa shape index (κ1) is 21.6. The molecule has 0 saturated carbocycles. The minimum atomic E-state index is -1.21. The molecule has 8 nitrogen and oxygen atoms in total. The molecule has 2 aromatic heterocycles. The molecule has 1 N–H and O–H groups in total. The number of carbonyl (C=O) groups is 2. The van der Waals surface area contributed by atoms with Crippen LogP contribution < -0.4 is 10.9 Å². The third kappa shape index (κ3) is 4.24. The highest BCUT2D eigenvalue weighted by Gasteiger charge is 2.25. The van der Waals surface area contributed by atoms with Crippen LogP contribution in [0.3, 0.4) is 0 Å². The number of ether oxygens (including phenoxy) is 1. The molecule has 3 aromatic rings. The molecule has 1 atom stereocenters. The Balaban J connectivity index is 1.80. The zero-order valence-electron chi connectivity index (χ0n) is 16.3. The van der Waals surface area contributed by atoms with Crippen LogP contribution in [-0.4, -0.2) is 32.3 Å². The van der Waals surface area contributed by atoms with Gasteiger partial charge < -0.3 is 10.1 Å². The van der Waals surface area contributed by atoms with Crippen LogP contribution in [0.25, 0.3) is 5.69 Å². The van der Waals surface area contributed by atoms with Crippen LogP contribution in [0, 0.1) is 6.92 Å². The lowest BCUT2D eigenvalue weighted by Gasteiger charge is -2.13. The average molecular weight is 449 g/mol. The van der Waals surface area contributed by atoms with Gasteiger partial charge in [0.1, 0.15) is 10.8 Å². The summed E-state index contributed by atoms with van der Waals surface area (Å²) in [6.07, 6.45) is -1.21. The maximum Gasteiger partial charge on any atom is 0.359 e. The number of nitrogens with one attached hydrogen (secondary N) is 1. The Morgan fingerprint density at radius 3 is 2.47 bits per heavy atom. The van der Waals surface area contributed by atoms with E-state index < -0.39 is 23.5 Å². The van der Waals surface area contributed by atoms with E-state index in [1.807, 2.05) is 6.07 Å². The van der Waals surface area contributed by atoms with E-state index in [0.717, 1.165) is 0 Å². The number of halogens is 2. The Morgan fingerprint density at radius 2 is 1.80 bits per heavy atom. The number of pyridine rings is 1. The van der Waals surface area contributed by atoms with Crippen molar-refractivity contribution in [3.05, 3.63) is 74.4 Å². The average Bonchev–Trinajstić information content (AvgIpc) is 2.93. The number of hydrogen-bond donors (Lipinski definition) is 1. The Morgan fingerprint density at radius 1 is 1.13 bits per heavy atom. The number of nitrogens with zero attached hydrogens (tertiary/aromatic N) is 3. The van der Waals surface area contributed by atoms with Crippen molar-refractivity contribution in [2.24, 2.45) is 7.05 Å². The summed E-state index contributed by atoms with van der Waals surface area (Å²) >= 11 is 11.7. The third-order valence-corrected chi connectivity index (χ3v) is 4.98. The third-order valence-electron chi connectivity index (χ3n) is 4.46. The van der Waals surface area contributed by atoms with E-state index in [1.54, 1.807) is 42.9 Å². The van der Waals surface area contributed by atoms with Crippen LogP contribution in [0.2, 0.25) is 10.2 Å². The number of hydrogen-bond acceptors (Lipinski definition) is 5. The fraction of sp³-hybridized carbons (Fsp3) is 0.200. The number of esters is 1. The first-order valence-corrected chi connectivity index (χ1v) is 9.64. The first-order valence-electron chi connectivity index (χ1n) is 8.88. The van der Waals surface area contributed by atoms with Crippen molar-refractivity contribution in [3.63, 3.8) is 0 Å². The lowest BCUT2D eigenvalue weighted by atomic mass is 10.3. The molecule has 3 rings (SSSR count). The zero-order chi connectivity index (χ0) is 22.0. The smallest absolute Gasteiger partial charge is 0.359 e. The Bertz CT molecular complexity index is 1170. The van der Waals surface area contributed by atoms with Crippen molar-refractivity contribution in [1.29, 1.82) is 0 Å². The number of aromatic nitrogens is 3. The second-order valence-corrected chi connectivity index (χ2v) is 7.23. The zero-order valence-corrected chi connectivity index (χ0v) is 17.9. The first-order chi connectivity index (χ1) is 14.2. The van der Waals surface area contributed by atoms with Crippen LogP contribution in [0.15, 0.2) is 47.3 Å². The fourth-order valence-corrected chi connectivity index (χ4v) is 3.10. The van der Waals surface area contributed by atoms with E-state index in [4.69, 9.17) is 27.9 Å². The molecule has 0 spiro atoms. The van der Waals surface area contributed by atoms with E-state index in [9.17, 15) is 14.4 Å². The molecule has 0 radical (unpaired) electrons. The van der Waals surface area contributed by atoms with Crippen LogP contribution in [-0.2, 0) is 16.6 Å². The molecule has 1 aromatic carbocycles. The minimum absolute atomic E-state index is 0.0432. The largest absolute Gasteiger partial charge is 0.448 e. The van der Waals surface area contributed by atoms with Crippen molar-refractivity contribution >= 4 is 40.8 Å². The maximum absolute atomic E-state index is 12.9. The molecule has 30 heavy (non-hydrogen) atoms. The van der Waals surface area contributed by atoms with E-state index in [0.29, 0.717) is 11.4 Å². The molecule has 0 aliphatic heterocycles. The van der Waals surface area contributed by atoms with Gasteiger partial charge in [-0.15, -0.1) is 0 Å². The normalized spacial score (nSPS) is 11.8. The molecule has 2 heterocycles. The molecule has 0 unspecified atom stereocenters. The van der Waals surface area contributed by atoms with Gasteiger partial charge in [-0.05, 0) is 38.1 Å². The highest BCUT2D eigenvalue weighted by atomic mass is 35.5. The van der Waals surface area contributed by atoms with Gasteiger partial charge in [0.25, 0.3) is 11.5 Å². The van der Waals surface area contributed by atoms with Crippen molar-refractivity contribution in [2.45, 2.75) is 20.0 Å². The van der Waals surface area contributed by atoms with Gasteiger partial charge in [-0.3, -0.25) is 14.3 Å². The number of rotatable bonds is 5. The summed E-state index contributed by atoms with van der Waals surface area (Å²) in [7, 11) is 1.70. The number of carbonyl (C=O) groups excluding carboxylic acids is 2. The second-order valence-electron chi connectivity index (χ2n) is 6.44. The van der Waals surface area contributed by atoms with Gasteiger partial charge in [-0.1, -0.05) is 41.4 Å². The summed E-state index contributed by atoms with van der Waals surface area (Å²) in [4.78, 5) is 41.5. The lowest BCUT2D eigenvalue weighted by molar-refractivity contribution is -0.123. The highest BCUT2D eigenvalue weighted by Crippen LogP contribution is 2.19. The molecule has 0 bridgehead atoms. The molecular weight excluding hydrogens is 431 g/mol. The van der Waals surface area contributed by atoms with Gasteiger partial charge >= 0.3 is 5.97 Å². The lowest BCUT2D eigenvalue weighted by Crippen LogP contribution is -2.32. The summed E-state index contributed by atoms with van der Waals surface area (Å²) in [5.74, 6) is -1.58. The van der Waals surface area contributed by atoms with Crippen molar-refractivity contribution in [1.82, 2.24) is 14.3 Å². The molecule has 0 saturated heterocycles. The number of anilines is 1. The summed E-state index contributed by atoms with van der Waals surface area (Å²) in [5, 5.41) is 2.65. The van der Waals surface area contributed by atoms with Gasteiger partial charge in [-0.25, -0.2) is 14.5 Å². The summed E-state index contributed by atoms with van der Waals surface area (Å²) in [6.45, 7) is 3.07.